The monoisotopic (exact) mass is 681 g/mol. The lowest BCUT2D eigenvalue weighted by atomic mass is 9.76. The minimum absolute atomic E-state index is 0.127. The van der Waals surface area contributed by atoms with E-state index in [4.69, 9.17) is 0 Å². The Morgan fingerprint density at radius 3 is 2.02 bits per heavy atom. The third-order valence-corrected chi connectivity index (χ3v) is 12.5. The molecule has 2 aromatic carbocycles. The van der Waals surface area contributed by atoms with Crippen LogP contribution in [0.15, 0.2) is 47.4 Å². The number of carboxylic acids is 1. The van der Waals surface area contributed by atoms with Gasteiger partial charge in [0.25, 0.3) is 5.91 Å². The van der Waals surface area contributed by atoms with Gasteiger partial charge in [0.15, 0.2) is 15.5 Å². The highest BCUT2D eigenvalue weighted by atomic mass is 32.2. The molecule has 5 rings (SSSR count). The van der Waals surface area contributed by atoms with Gasteiger partial charge in [-0.1, -0.05) is 37.3 Å². The van der Waals surface area contributed by atoms with E-state index in [0.29, 0.717) is 12.5 Å². The summed E-state index contributed by atoms with van der Waals surface area (Å²) in [4.78, 5) is 26.0. The summed E-state index contributed by atoms with van der Waals surface area (Å²) in [5, 5.41) is 9.30. The highest BCUT2D eigenvalue weighted by Gasteiger charge is 2.74. The number of carbonyl (C=O) groups is 2. The minimum atomic E-state index is -6.38. The number of halogens is 8. The van der Waals surface area contributed by atoms with E-state index in [1.165, 1.54) is 12.1 Å². The van der Waals surface area contributed by atoms with Crippen LogP contribution < -0.4 is 0 Å². The van der Waals surface area contributed by atoms with Gasteiger partial charge in [0.05, 0.1) is 16.9 Å². The number of rotatable bonds is 6. The number of aliphatic carboxylic acids is 1. The second-order valence-electron chi connectivity index (χ2n) is 12.3. The van der Waals surface area contributed by atoms with Crippen LogP contribution in [-0.2, 0) is 42.7 Å². The minimum Gasteiger partial charge on any atom is -0.481 e. The molecule has 1 saturated carbocycles. The maximum Gasteiger partial charge on any atom is 0.435 e. The first-order chi connectivity index (χ1) is 21.2. The summed E-state index contributed by atoms with van der Waals surface area (Å²) in [6.07, 6.45) is -14.3. The highest BCUT2D eigenvalue weighted by molar-refractivity contribution is 7.92. The molecule has 2 aliphatic carbocycles. The van der Waals surface area contributed by atoms with E-state index in [9.17, 15) is 49.5 Å². The van der Waals surface area contributed by atoms with Crippen LogP contribution in [0.4, 0.5) is 35.1 Å². The molecular formula is C31H31F8NO5S. The topological polar surface area (TPSA) is 91.8 Å². The van der Waals surface area contributed by atoms with Gasteiger partial charge >= 0.3 is 24.0 Å². The molecular weight excluding hydrogens is 650 g/mol. The molecule has 2 aromatic rings. The van der Waals surface area contributed by atoms with Crippen LogP contribution in [0.1, 0.15) is 67.7 Å². The van der Waals surface area contributed by atoms with Gasteiger partial charge in [-0.2, -0.15) is 26.3 Å². The normalized spacial score (nSPS) is 27.2. The fourth-order valence-corrected chi connectivity index (χ4v) is 9.75. The predicted octanol–water partition coefficient (Wildman–Crippen LogP) is 6.74. The molecule has 0 radical (unpaired) electrons. The zero-order chi connectivity index (χ0) is 34.1. The number of aryl methyl sites for hydroxylation is 2. The maximum atomic E-state index is 16.2. The molecule has 1 amide bonds. The van der Waals surface area contributed by atoms with Crippen molar-refractivity contribution in [3.8, 4) is 0 Å². The summed E-state index contributed by atoms with van der Waals surface area (Å²) >= 11 is 0. The molecule has 1 heterocycles. The number of likely N-dealkylation sites (tertiary alicyclic amines) is 1. The molecule has 2 unspecified atom stereocenters. The average molecular weight is 682 g/mol. The van der Waals surface area contributed by atoms with Crippen molar-refractivity contribution in [2.75, 3.05) is 6.54 Å². The van der Waals surface area contributed by atoms with Gasteiger partial charge in [-0.25, -0.2) is 17.2 Å². The first-order valence-electron chi connectivity index (χ1n) is 14.8. The molecule has 0 spiro atoms. The highest BCUT2D eigenvalue weighted by Crippen LogP contribution is 2.57. The molecule has 1 aliphatic heterocycles. The number of hydrogen-bond donors (Lipinski definition) is 1. The molecule has 252 valence electrons. The molecule has 2 fully saturated rings. The number of fused-ring (bicyclic) bond motifs is 3. The first kappa shape index (κ1) is 34.1. The second-order valence-corrected chi connectivity index (χ2v) is 14.5. The van der Waals surface area contributed by atoms with E-state index in [0.717, 1.165) is 16.5 Å². The summed E-state index contributed by atoms with van der Waals surface area (Å²) < 4.78 is 140. The van der Waals surface area contributed by atoms with E-state index in [-0.39, 0.29) is 60.7 Å². The van der Waals surface area contributed by atoms with Crippen LogP contribution in [0.2, 0.25) is 0 Å². The van der Waals surface area contributed by atoms with Crippen molar-refractivity contribution in [2.24, 2.45) is 5.92 Å². The number of benzene rings is 2. The van der Waals surface area contributed by atoms with Crippen molar-refractivity contribution in [1.82, 2.24) is 4.90 Å². The Morgan fingerprint density at radius 2 is 1.50 bits per heavy atom. The number of hydrogen-bond acceptors (Lipinski definition) is 4. The Labute approximate surface area is 259 Å². The van der Waals surface area contributed by atoms with Crippen LogP contribution in [0, 0.1) is 5.92 Å². The van der Waals surface area contributed by atoms with Crippen LogP contribution in [0.5, 0.6) is 0 Å². The molecule has 15 heteroatoms. The van der Waals surface area contributed by atoms with Crippen LogP contribution in [-0.4, -0.2) is 60.9 Å². The summed E-state index contributed by atoms with van der Waals surface area (Å²) in [6, 6.07) is 5.87. The average Bonchev–Trinajstić information content (AvgIpc) is 3.40. The third kappa shape index (κ3) is 4.98. The molecule has 0 aromatic heterocycles. The standard InChI is InChI=1S/C31H31F8NO5S/c1-2-18-3-7-22(8-4-18)46(44,45)28-15-16-40(26(43)27(32)13-11-19(12-14-27)25(41)42)24(28)10-5-20-17-21(6-9-23(20)28)29(33,30(34,35)36)31(37,38)39/h3-4,6-9,17,19,24H,2,5,10-16H2,1H3,(H,41,42)/t19-,24?,27+,28?. The smallest absolute Gasteiger partial charge is 0.435 e. The number of carboxylic acid groups (broad SMARTS) is 1. The zero-order valence-corrected chi connectivity index (χ0v) is 25.3. The van der Waals surface area contributed by atoms with E-state index in [2.05, 4.69) is 0 Å². The predicted molar refractivity (Wildman–Crippen MR) is 148 cm³/mol. The molecule has 1 saturated heterocycles. The lowest BCUT2D eigenvalue weighted by Crippen LogP contribution is -2.56. The molecule has 2 atom stereocenters. The lowest BCUT2D eigenvalue weighted by molar-refractivity contribution is -0.348. The number of carbonyl (C=O) groups excluding carboxylic acids is 1. The van der Waals surface area contributed by atoms with Crippen LogP contribution >= 0.6 is 0 Å². The van der Waals surface area contributed by atoms with Crippen molar-refractivity contribution in [2.45, 2.75) is 97.7 Å². The van der Waals surface area contributed by atoms with E-state index >= 15 is 8.78 Å². The van der Waals surface area contributed by atoms with Gasteiger partial charge in [0, 0.05) is 12.1 Å². The summed E-state index contributed by atoms with van der Waals surface area (Å²) in [5.74, 6) is -3.03. The maximum absolute atomic E-state index is 16.2. The van der Waals surface area contributed by atoms with E-state index in [1.54, 1.807) is 12.1 Å². The number of sulfone groups is 1. The summed E-state index contributed by atoms with van der Waals surface area (Å²) in [5.41, 5.74) is -9.65. The molecule has 3 aliphatic rings. The van der Waals surface area contributed by atoms with Gasteiger partial charge in [-0.15, -0.1) is 0 Å². The Bertz CT molecular complexity index is 1620. The molecule has 0 bridgehead atoms. The van der Waals surface area contributed by atoms with Crippen LogP contribution in [0.25, 0.3) is 0 Å². The molecule has 46 heavy (non-hydrogen) atoms. The van der Waals surface area contributed by atoms with Crippen molar-refractivity contribution in [3.63, 3.8) is 0 Å². The summed E-state index contributed by atoms with van der Waals surface area (Å²) in [7, 11) is -4.57. The summed E-state index contributed by atoms with van der Waals surface area (Å²) in [6.45, 7) is 1.53. The Kier molecular flexibility index (Phi) is 8.30. The fraction of sp³-hybridized carbons (Fsp3) is 0.548. The van der Waals surface area contributed by atoms with Crippen molar-refractivity contribution in [3.05, 3.63) is 64.7 Å². The lowest BCUT2D eigenvalue weighted by Gasteiger charge is -2.44. The molecule has 1 N–H and O–H groups in total. The quantitative estimate of drug-likeness (QED) is 0.342. The van der Waals surface area contributed by atoms with Gasteiger partial charge in [0.2, 0.25) is 0 Å². The van der Waals surface area contributed by atoms with Gasteiger partial charge < -0.3 is 10.0 Å². The second kappa shape index (κ2) is 11.2. The molecule has 6 nitrogen and oxygen atoms in total. The first-order valence-corrected chi connectivity index (χ1v) is 16.3. The van der Waals surface area contributed by atoms with Crippen molar-refractivity contribution < 1.29 is 58.2 Å². The number of nitrogens with zero attached hydrogens (tertiary/aromatic N) is 1. The van der Waals surface area contributed by atoms with Crippen molar-refractivity contribution in [1.29, 1.82) is 0 Å². The third-order valence-electron chi connectivity index (χ3n) is 9.96. The van der Waals surface area contributed by atoms with Gasteiger partial charge in [-0.3, -0.25) is 9.59 Å². The SMILES string of the molecule is CCc1ccc(S(=O)(=O)C23CCN(C(=O)[C@]4(F)CC[C@@H](C(=O)O)CC4)C2CCc2cc(C(F)(C(F)(F)F)C(F)(F)F)ccc23)cc1. The Morgan fingerprint density at radius 1 is 0.913 bits per heavy atom. The van der Waals surface area contributed by atoms with Crippen molar-refractivity contribution >= 4 is 21.7 Å². The van der Waals surface area contributed by atoms with Gasteiger partial charge in [0.1, 0.15) is 4.75 Å². The largest absolute Gasteiger partial charge is 0.481 e. The Balaban J connectivity index is 1.64. The number of alkyl halides is 8. The fourth-order valence-electron chi connectivity index (χ4n) is 7.38. The Hall–Kier alpha value is -3.23. The number of amides is 1. The van der Waals surface area contributed by atoms with E-state index in [1.807, 2.05) is 6.92 Å². The zero-order valence-electron chi connectivity index (χ0n) is 24.5. The van der Waals surface area contributed by atoms with Crippen LogP contribution in [0.3, 0.4) is 0 Å². The van der Waals surface area contributed by atoms with Gasteiger partial charge in [-0.05, 0) is 80.2 Å². The van der Waals surface area contributed by atoms with E-state index < -0.39 is 80.5 Å².